The number of rotatable bonds is 4. The number of nitrogens with zero attached hydrogens (tertiary/aromatic N) is 1. The summed E-state index contributed by atoms with van der Waals surface area (Å²) in [6.45, 7) is 0. The Labute approximate surface area is 167 Å². The van der Waals surface area contributed by atoms with E-state index >= 15 is 0 Å². The van der Waals surface area contributed by atoms with Crippen molar-refractivity contribution in [1.82, 2.24) is 0 Å². The Morgan fingerprint density at radius 3 is 2.07 bits per heavy atom. The predicted molar refractivity (Wildman–Crippen MR) is 106 cm³/mol. The molecule has 0 spiro atoms. The van der Waals surface area contributed by atoms with E-state index in [0.717, 1.165) is 17.4 Å². The first-order valence-corrected chi connectivity index (χ1v) is 10.4. The van der Waals surface area contributed by atoms with Crippen molar-refractivity contribution in [2.75, 3.05) is 6.26 Å². The number of esters is 1. The molecule has 28 heavy (non-hydrogen) atoms. The van der Waals surface area contributed by atoms with Crippen LogP contribution in [0, 0.1) is 11.3 Å². The summed E-state index contributed by atoms with van der Waals surface area (Å²) in [6.07, 6.45) is 1.05. The molecule has 0 saturated heterocycles. The van der Waals surface area contributed by atoms with Gasteiger partial charge < -0.3 is 4.74 Å². The van der Waals surface area contributed by atoms with Gasteiger partial charge in [-0.05, 0) is 53.6 Å². The first kappa shape index (κ1) is 19.6. The van der Waals surface area contributed by atoms with Crippen molar-refractivity contribution < 1.29 is 17.9 Å². The quantitative estimate of drug-likeness (QED) is 0.466. The number of carbonyl (C=O) groups excluding carboxylic acids is 1. The van der Waals surface area contributed by atoms with Crippen LogP contribution in [0.2, 0.25) is 5.02 Å². The third-order valence-electron chi connectivity index (χ3n) is 4.00. The number of halogens is 1. The lowest BCUT2D eigenvalue weighted by atomic mass is 10.0. The van der Waals surface area contributed by atoms with Crippen molar-refractivity contribution in [1.29, 1.82) is 5.26 Å². The Morgan fingerprint density at radius 2 is 1.54 bits per heavy atom. The zero-order valence-corrected chi connectivity index (χ0v) is 16.3. The Morgan fingerprint density at radius 1 is 0.964 bits per heavy atom. The monoisotopic (exact) mass is 411 g/mol. The van der Waals surface area contributed by atoms with Gasteiger partial charge in [-0.25, -0.2) is 13.2 Å². The first-order chi connectivity index (χ1) is 13.3. The number of nitriles is 1. The van der Waals surface area contributed by atoms with E-state index < -0.39 is 15.8 Å². The molecule has 3 aromatic rings. The van der Waals surface area contributed by atoms with E-state index in [9.17, 15) is 13.2 Å². The highest BCUT2D eigenvalue weighted by atomic mass is 35.5. The van der Waals surface area contributed by atoms with Gasteiger partial charge in [-0.2, -0.15) is 5.26 Å². The second kappa shape index (κ2) is 7.85. The van der Waals surface area contributed by atoms with Crippen molar-refractivity contribution in [3.05, 3.63) is 82.9 Å². The highest BCUT2D eigenvalue weighted by Gasteiger charge is 2.17. The zero-order chi connectivity index (χ0) is 20.3. The molecular formula is C21H14ClNO4S. The lowest BCUT2D eigenvalue weighted by Crippen LogP contribution is -2.10. The predicted octanol–water partition coefficient (Wildman–Crippen LogP) is 4.50. The molecule has 0 N–H and O–H groups in total. The van der Waals surface area contributed by atoms with Crippen LogP contribution in [-0.2, 0) is 9.84 Å². The second-order valence-electron chi connectivity index (χ2n) is 6.02. The van der Waals surface area contributed by atoms with Gasteiger partial charge in [0.2, 0.25) is 0 Å². The van der Waals surface area contributed by atoms with Crippen LogP contribution >= 0.6 is 11.6 Å². The standard InChI is InChI=1S/C21H14ClNO4S/c1-28(25,26)18-10-11-20(22)19(12-18)21(24)27-17-8-6-16(7-9-17)15-4-2-14(13-23)3-5-15/h2-12H,1H3. The van der Waals surface area contributed by atoms with Gasteiger partial charge in [0.15, 0.2) is 9.84 Å². The maximum absolute atomic E-state index is 12.4. The van der Waals surface area contributed by atoms with Crippen LogP contribution in [0.4, 0.5) is 0 Å². The molecule has 0 fully saturated rings. The van der Waals surface area contributed by atoms with Gasteiger partial charge in [-0.1, -0.05) is 35.9 Å². The van der Waals surface area contributed by atoms with Crippen molar-refractivity contribution in [2.45, 2.75) is 4.90 Å². The average Bonchev–Trinajstić information content (AvgIpc) is 2.68. The molecule has 0 aromatic heterocycles. The topological polar surface area (TPSA) is 84.2 Å². The minimum Gasteiger partial charge on any atom is -0.423 e. The lowest BCUT2D eigenvalue weighted by Gasteiger charge is -2.08. The van der Waals surface area contributed by atoms with Crippen LogP contribution < -0.4 is 4.74 Å². The second-order valence-corrected chi connectivity index (χ2v) is 8.44. The van der Waals surface area contributed by atoms with Gasteiger partial charge in [0.05, 0.1) is 27.1 Å². The molecule has 0 atom stereocenters. The molecule has 0 aliphatic heterocycles. The Kier molecular flexibility index (Phi) is 5.50. The smallest absolute Gasteiger partial charge is 0.345 e. The van der Waals surface area contributed by atoms with Crippen molar-refractivity contribution in [3.8, 4) is 22.9 Å². The Balaban J connectivity index is 1.80. The number of hydrogen-bond donors (Lipinski definition) is 0. The lowest BCUT2D eigenvalue weighted by molar-refractivity contribution is 0.0734. The third kappa shape index (κ3) is 4.39. The molecule has 3 aromatic carbocycles. The fourth-order valence-electron chi connectivity index (χ4n) is 2.51. The molecule has 0 saturated carbocycles. The van der Waals surface area contributed by atoms with Crippen molar-refractivity contribution in [2.24, 2.45) is 0 Å². The van der Waals surface area contributed by atoms with Gasteiger partial charge in [0.25, 0.3) is 0 Å². The molecule has 0 aliphatic carbocycles. The summed E-state index contributed by atoms with van der Waals surface area (Å²) < 4.78 is 28.7. The highest BCUT2D eigenvalue weighted by Crippen LogP contribution is 2.25. The summed E-state index contributed by atoms with van der Waals surface area (Å²) in [5, 5.41) is 8.96. The zero-order valence-electron chi connectivity index (χ0n) is 14.7. The first-order valence-electron chi connectivity index (χ1n) is 8.10. The van der Waals surface area contributed by atoms with E-state index in [1.54, 1.807) is 36.4 Å². The summed E-state index contributed by atoms with van der Waals surface area (Å²) in [5.74, 6) is -0.454. The fourth-order valence-corrected chi connectivity index (χ4v) is 3.35. The fraction of sp³-hybridized carbons (Fsp3) is 0.0476. The molecule has 140 valence electrons. The number of ether oxygens (including phenoxy) is 1. The molecule has 0 heterocycles. The van der Waals surface area contributed by atoms with Gasteiger partial charge in [0, 0.05) is 6.26 Å². The Hall–Kier alpha value is -3.14. The SMILES string of the molecule is CS(=O)(=O)c1ccc(Cl)c(C(=O)Oc2ccc(-c3ccc(C#N)cc3)cc2)c1. The molecule has 0 radical (unpaired) electrons. The summed E-state index contributed by atoms with van der Waals surface area (Å²) in [5.41, 5.74) is 2.35. The van der Waals surface area contributed by atoms with E-state index in [1.807, 2.05) is 12.1 Å². The van der Waals surface area contributed by atoms with E-state index in [0.29, 0.717) is 11.3 Å². The normalized spacial score (nSPS) is 10.9. The number of benzene rings is 3. The summed E-state index contributed by atoms with van der Waals surface area (Å²) in [4.78, 5) is 12.4. The summed E-state index contributed by atoms with van der Waals surface area (Å²) in [7, 11) is -3.48. The van der Waals surface area contributed by atoms with Crippen molar-refractivity contribution in [3.63, 3.8) is 0 Å². The average molecular weight is 412 g/mol. The minimum atomic E-state index is -3.48. The number of sulfone groups is 1. The van der Waals surface area contributed by atoms with Gasteiger partial charge in [0.1, 0.15) is 5.75 Å². The van der Waals surface area contributed by atoms with Gasteiger partial charge in [-0.15, -0.1) is 0 Å². The molecule has 0 amide bonds. The van der Waals surface area contributed by atoms with Gasteiger partial charge in [-0.3, -0.25) is 0 Å². The molecule has 5 nitrogen and oxygen atoms in total. The van der Waals surface area contributed by atoms with Crippen LogP contribution in [0.25, 0.3) is 11.1 Å². The van der Waals surface area contributed by atoms with E-state index in [1.165, 1.54) is 18.2 Å². The van der Waals surface area contributed by atoms with Crippen LogP contribution in [0.5, 0.6) is 5.75 Å². The molecule has 0 bridgehead atoms. The highest BCUT2D eigenvalue weighted by molar-refractivity contribution is 7.90. The third-order valence-corrected chi connectivity index (χ3v) is 5.44. The van der Waals surface area contributed by atoms with Crippen LogP contribution in [0.15, 0.2) is 71.6 Å². The summed E-state index contributed by atoms with van der Waals surface area (Å²) in [6, 6.07) is 19.9. The van der Waals surface area contributed by atoms with E-state index in [-0.39, 0.29) is 15.5 Å². The van der Waals surface area contributed by atoms with Gasteiger partial charge >= 0.3 is 5.97 Å². The van der Waals surface area contributed by atoms with Crippen LogP contribution in [0.3, 0.4) is 0 Å². The molecule has 7 heteroatoms. The summed E-state index contributed by atoms with van der Waals surface area (Å²) >= 11 is 6.02. The Bertz CT molecular complexity index is 1180. The van der Waals surface area contributed by atoms with E-state index in [2.05, 4.69) is 6.07 Å². The number of carbonyl (C=O) groups is 1. The largest absolute Gasteiger partial charge is 0.423 e. The van der Waals surface area contributed by atoms with Crippen LogP contribution in [0.1, 0.15) is 15.9 Å². The minimum absolute atomic E-state index is 0.0139. The molecule has 0 unspecified atom stereocenters. The number of hydrogen-bond acceptors (Lipinski definition) is 5. The molecule has 3 rings (SSSR count). The van der Waals surface area contributed by atoms with Crippen LogP contribution in [-0.4, -0.2) is 20.6 Å². The molecular weight excluding hydrogens is 398 g/mol. The maximum atomic E-state index is 12.4. The van der Waals surface area contributed by atoms with Crippen molar-refractivity contribution >= 4 is 27.4 Å². The van der Waals surface area contributed by atoms with E-state index in [4.69, 9.17) is 21.6 Å². The maximum Gasteiger partial charge on any atom is 0.345 e. The molecule has 0 aliphatic rings.